The van der Waals surface area contributed by atoms with Crippen LogP contribution in [0.4, 0.5) is 11.4 Å². The number of hydrogen-bond acceptors (Lipinski definition) is 7. The summed E-state index contributed by atoms with van der Waals surface area (Å²) in [6.07, 6.45) is 1.48. The van der Waals surface area contributed by atoms with Crippen molar-refractivity contribution >= 4 is 34.7 Å². The van der Waals surface area contributed by atoms with E-state index in [2.05, 4.69) is 0 Å². The summed E-state index contributed by atoms with van der Waals surface area (Å²) in [4.78, 5) is 38.8. The lowest BCUT2D eigenvalue weighted by Crippen LogP contribution is -2.41. The van der Waals surface area contributed by atoms with Crippen LogP contribution in [-0.4, -0.2) is 23.3 Å². The number of nitro benzene ring substituents is 1. The number of carbonyl (C=O) groups excluding carboxylic acids is 2. The Morgan fingerprint density at radius 1 is 1.24 bits per heavy atom. The Morgan fingerprint density at radius 3 is 2.64 bits per heavy atom. The Kier molecular flexibility index (Phi) is 6.20. The van der Waals surface area contributed by atoms with E-state index in [0.29, 0.717) is 46.8 Å². The summed E-state index contributed by atoms with van der Waals surface area (Å²) in [6.45, 7) is 1.81. The molecule has 0 bridgehead atoms. The molecule has 8 nitrogen and oxygen atoms in total. The molecule has 0 saturated carbocycles. The number of rotatable bonds is 5. The van der Waals surface area contributed by atoms with Gasteiger partial charge in [-0.15, -0.1) is 0 Å². The van der Waals surface area contributed by atoms with Crippen molar-refractivity contribution in [1.29, 1.82) is 0 Å². The smallest absolute Gasteiger partial charge is 0.338 e. The monoisotopic (exact) mass is 467 g/mol. The molecule has 0 amide bonds. The van der Waals surface area contributed by atoms with Gasteiger partial charge < -0.3 is 10.5 Å². The minimum Gasteiger partial charge on any atom is -0.463 e. The average Bonchev–Trinajstić information content (AvgIpc) is 2.79. The van der Waals surface area contributed by atoms with Crippen LogP contribution in [0.1, 0.15) is 37.7 Å². The fourth-order valence-electron chi connectivity index (χ4n) is 4.43. The van der Waals surface area contributed by atoms with Gasteiger partial charge in [0.2, 0.25) is 0 Å². The first-order chi connectivity index (χ1) is 15.8. The molecule has 170 valence electrons. The zero-order chi connectivity index (χ0) is 23.7. The molecule has 2 N–H and O–H groups in total. The predicted molar refractivity (Wildman–Crippen MR) is 123 cm³/mol. The molecule has 1 atom stereocenters. The molecule has 1 aliphatic carbocycles. The SMILES string of the molecule is CCOC(=O)C1=C(N)N(c2cccc([N+](=O)[O-])c2)C2=C(C(=O)CCC2)C1c1ccc(Cl)cc1. The number of halogens is 1. The number of non-ortho nitro benzene ring substituents is 1. The molecule has 1 aliphatic heterocycles. The number of ketones is 1. The van der Waals surface area contributed by atoms with Gasteiger partial charge in [0.25, 0.3) is 5.69 Å². The van der Waals surface area contributed by atoms with Gasteiger partial charge in [-0.2, -0.15) is 0 Å². The fourth-order valence-corrected chi connectivity index (χ4v) is 4.55. The molecule has 0 fully saturated rings. The van der Waals surface area contributed by atoms with Crippen LogP contribution in [0.25, 0.3) is 0 Å². The maximum Gasteiger partial charge on any atom is 0.338 e. The molecule has 9 heteroatoms. The second kappa shape index (κ2) is 9.07. The summed E-state index contributed by atoms with van der Waals surface area (Å²) in [5.74, 6) is -1.38. The molecule has 0 spiro atoms. The minimum absolute atomic E-state index is 0.0855. The van der Waals surface area contributed by atoms with Gasteiger partial charge in [-0.1, -0.05) is 29.8 Å². The third kappa shape index (κ3) is 4.09. The number of ether oxygens (including phenoxy) is 1. The summed E-state index contributed by atoms with van der Waals surface area (Å²) in [7, 11) is 0. The van der Waals surface area contributed by atoms with Gasteiger partial charge in [-0.25, -0.2) is 4.79 Å². The first-order valence-electron chi connectivity index (χ1n) is 10.6. The quantitative estimate of drug-likeness (QED) is 0.388. The van der Waals surface area contributed by atoms with E-state index in [-0.39, 0.29) is 29.5 Å². The minimum atomic E-state index is -0.723. The van der Waals surface area contributed by atoms with Crippen molar-refractivity contribution in [2.24, 2.45) is 5.73 Å². The van der Waals surface area contributed by atoms with Crippen molar-refractivity contribution < 1.29 is 19.2 Å². The van der Waals surface area contributed by atoms with Gasteiger partial charge in [0.05, 0.1) is 28.7 Å². The van der Waals surface area contributed by atoms with Crippen LogP contribution in [0, 0.1) is 10.1 Å². The maximum atomic E-state index is 13.2. The number of esters is 1. The number of hydrogen-bond donors (Lipinski definition) is 1. The van der Waals surface area contributed by atoms with E-state index in [4.69, 9.17) is 22.1 Å². The van der Waals surface area contributed by atoms with Gasteiger partial charge in [-0.05, 0) is 43.5 Å². The van der Waals surface area contributed by atoms with E-state index in [0.717, 1.165) is 0 Å². The molecule has 1 unspecified atom stereocenters. The topological polar surface area (TPSA) is 116 Å². The van der Waals surface area contributed by atoms with Crippen molar-refractivity contribution in [3.8, 4) is 0 Å². The summed E-state index contributed by atoms with van der Waals surface area (Å²) in [6, 6.07) is 12.9. The highest BCUT2D eigenvalue weighted by atomic mass is 35.5. The summed E-state index contributed by atoms with van der Waals surface area (Å²) in [5.41, 5.74) is 8.77. The van der Waals surface area contributed by atoms with Gasteiger partial charge in [0.1, 0.15) is 5.82 Å². The Labute approximate surface area is 195 Å². The molecule has 2 aliphatic rings. The van der Waals surface area contributed by atoms with Gasteiger partial charge in [-0.3, -0.25) is 19.8 Å². The molecule has 33 heavy (non-hydrogen) atoms. The van der Waals surface area contributed by atoms with E-state index in [1.807, 2.05) is 0 Å². The maximum absolute atomic E-state index is 13.2. The van der Waals surface area contributed by atoms with Crippen LogP contribution < -0.4 is 10.6 Å². The van der Waals surface area contributed by atoms with Crippen LogP contribution >= 0.6 is 11.6 Å². The largest absolute Gasteiger partial charge is 0.463 e. The lowest BCUT2D eigenvalue weighted by molar-refractivity contribution is -0.384. The van der Waals surface area contributed by atoms with Crippen molar-refractivity contribution in [3.63, 3.8) is 0 Å². The second-order valence-electron chi connectivity index (χ2n) is 7.75. The van der Waals surface area contributed by atoms with Gasteiger partial charge in [0, 0.05) is 34.8 Å². The fraction of sp³-hybridized carbons (Fsp3) is 0.250. The molecule has 1 heterocycles. The number of anilines is 1. The Bertz CT molecular complexity index is 1200. The van der Waals surface area contributed by atoms with Crippen LogP contribution in [0.2, 0.25) is 5.02 Å². The number of allylic oxidation sites excluding steroid dienone is 2. The molecule has 2 aromatic carbocycles. The molecule has 4 rings (SSSR count). The highest BCUT2D eigenvalue weighted by Crippen LogP contribution is 2.47. The van der Waals surface area contributed by atoms with E-state index in [9.17, 15) is 19.7 Å². The van der Waals surface area contributed by atoms with Crippen LogP contribution in [0.3, 0.4) is 0 Å². The number of Topliss-reactive ketones (excluding diaryl/α,β-unsaturated/α-hetero) is 1. The lowest BCUT2D eigenvalue weighted by Gasteiger charge is -2.40. The normalized spacial score (nSPS) is 18.3. The number of carbonyl (C=O) groups is 2. The number of nitrogens with two attached hydrogens (primary N) is 1. The van der Waals surface area contributed by atoms with E-state index >= 15 is 0 Å². The Morgan fingerprint density at radius 2 is 1.97 bits per heavy atom. The number of benzene rings is 2. The van der Waals surface area contributed by atoms with E-state index in [1.165, 1.54) is 12.1 Å². The highest BCUT2D eigenvalue weighted by molar-refractivity contribution is 6.30. The van der Waals surface area contributed by atoms with Gasteiger partial charge in [0.15, 0.2) is 5.78 Å². The van der Waals surface area contributed by atoms with Crippen LogP contribution in [-0.2, 0) is 14.3 Å². The molecule has 0 radical (unpaired) electrons. The zero-order valence-electron chi connectivity index (χ0n) is 17.9. The molecule has 0 saturated heterocycles. The summed E-state index contributed by atoms with van der Waals surface area (Å²) in [5, 5.41) is 11.9. The first kappa shape index (κ1) is 22.5. The first-order valence-corrected chi connectivity index (χ1v) is 10.9. The molecule has 0 aromatic heterocycles. The van der Waals surface area contributed by atoms with Crippen LogP contribution in [0.15, 0.2) is 71.2 Å². The van der Waals surface area contributed by atoms with Gasteiger partial charge >= 0.3 is 5.97 Å². The van der Waals surface area contributed by atoms with Crippen LogP contribution in [0.5, 0.6) is 0 Å². The summed E-state index contributed by atoms with van der Waals surface area (Å²) >= 11 is 6.07. The van der Waals surface area contributed by atoms with E-state index in [1.54, 1.807) is 48.2 Å². The average molecular weight is 468 g/mol. The Balaban J connectivity index is 1.99. The van der Waals surface area contributed by atoms with Crippen molar-refractivity contribution in [3.05, 3.63) is 91.9 Å². The van der Waals surface area contributed by atoms with Crippen molar-refractivity contribution in [2.45, 2.75) is 32.1 Å². The van der Waals surface area contributed by atoms with Crippen molar-refractivity contribution in [1.82, 2.24) is 0 Å². The molecular formula is C24H22ClN3O5. The highest BCUT2D eigenvalue weighted by Gasteiger charge is 2.43. The van der Waals surface area contributed by atoms with Crippen molar-refractivity contribution in [2.75, 3.05) is 11.5 Å². The zero-order valence-corrected chi connectivity index (χ0v) is 18.7. The lowest BCUT2D eigenvalue weighted by atomic mass is 9.75. The summed E-state index contributed by atoms with van der Waals surface area (Å²) < 4.78 is 5.32. The number of nitro groups is 1. The van der Waals surface area contributed by atoms with E-state index < -0.39 is 16.8 Å². The standard InChI is InChI=1S/C24H22ClN3O5/c1-2-33-24(30)22-20(14-9-11-15(25)12-10-14)21-18(7-4-8-19(21)29)27(23(22)26)16-5-3-6-17(13-16)28(31)32/h3,5-6,9-13,20H,2,4,7-8,26H2,1H3. The third-order valence-corrected chi connectivity index (χ3v) is 6.04. The predicted octanol–water partition coefficient (Wildman–Crippen LogP) is 4.59. The Hall–Kier alpha value is -3.65. The molecular weight excluding hydrogens is 446 g/mol. The molecule has 2 aromatic rings. The number of nitrogens with zero attached hydrogens (tertiary/aromatic N) is 2. The third-order valence-electron chi connectivity index (χ3n) is 5.79. The second-order valence-corrected chi connectivity index (χ2v) is 8.19.